The quantitative estimate of drug-likeness (QED) is 0.832. The lowest BCUT2D eigenvalue weighted by Gasteiger charge is -2.27. The maximum absolute atomic E-state index is 11.1. The molecule has 1 aliphatic carbocycles. The first-order chi connectivity index (χ1) is 8.58. The molecule has 1 saturated carbocycles. The lowest BCUT2D eigenvalue weighted by molar-refractivity contribution is -0.122. The fourth-order valence-electron chi connectivity index (χ4n) is 2.55. The molecule has 1 fully saturated rings. The summed E-state index contributed by atoms with van der Waals surface area (Å²) in [5, 5.41) is 7.78. The van der Waals surface area contributed by atoms with E-state index in [0.29, 0.717) is 6.04 Å². The van der Waals surface area contributed by atoms with Gasteiger partial charge >= 0.3 is 0 Å². The van der Waals surface area contributed by atoms with E-state index in [1.54, 1.807) is 0 Å². The lowest BCUT2D eigenvalue weighted by atomic mass is 9.85. The van der Waals surface area contributed by atoms with Gasteiger partial charge in [-0.2, -0.15) is 5.10 Å². The van der Waals surface area contributed by atoms with Crippen LogP contribution in [0, 0.1) is 12.8 Å². The molecule has 1 heterocycles. The Bertz CT molecular complexity index is 419. The zero-order valence-corrected chi connectivity index (χ0v) is 11.1. The largest absolute Gasteiger partial charge is 0.369 e. The Morgan fingerprint density at radius 2 is 2.17 bits per heavy atom. The second kappa shape index (κ2) is 5.52. The smallest absolute Gasteiger partial charge is 0.220 e. The summed E-state index contributed by atoms with van der Waals surface area (Å²) in [6.45, 7) is 2.93. The standard InChI is InChI=1S/C13H22N4O/c1-9-11(8-16-17(9)2)7-15-12-5-3-10(4-6-12)13(14)18/h8,10,12,15H,3-7H2,1-2H3,(H2,14,18). The van der Waals surface area contributed by atoms with E-state index in [4.69, 9.17) is 5.73 Å². The van der Waals surface area contributed by atoms with E-state index in [2.05, 4.69) is 17.3 Å². The molecule has 0 aromatic carbocycles. The maximum Gasteiger partial charge on any atom is 0.220 e. The van der Waals surface area contributed by atoms with Crippen LogP contribution in [0.1, 0.15) is 36.9 Å². The summed E-state index contributed by atoms with van der Waals surface area (Å²) in [6.07, 6.45) is 5.81. The number of nitrogens with one attached hydrogen (secondary N) is 1. The summed E-state index contributed by atoms with van der Waals surface area (Å²) in [6, 6.07) is 0.500. The highest BCUT2D eigenvalue weighted by atomic mass is 16.1. The van der Waals surface area contributed by atoms with Crippen LogP contribution in [0.5, 0.6) is 0 Å². The van der Waals surface area contributed by atoms with E-state index in [9.17, 15) is 4.79 Å². The van der Waals surface area contributed by atoms with E-state index in [1.165, 1.54) is 11.3 Å². The molecule has 100 valence electrons. The first-order valence-electron chi connectivity index (χ1n) is 6.58. The van der Waals surface area contributed by atoms with Crippen molar-refractivity contribution >= 4 is 5.91 Å². The van der Waals surface area contributed by atoms with Gasteiger partial charge in [0.25, 0.3) is 0 Å². The summed E-state index contributed by atoms with van der Waals surface area (Å²) in [5.74, 6) is -0.0558. The number of carbonyl (C=O) groups is 1. The second-order valence-electron chi connectivity index (χ2n) is 5.21. The van der Waals surface area contributed by atoms with Gasteiger partial charge < -0.3 is 11.1 Å². The van der Waals surface area contributed by atoms with Crippen molar-refractivity contribution in [2.75, 3.05) is 0 Å². The highest BCUT2D eigenvalue weighted by Crippen LogP contribution is 2.24. The molecule has 0 spiro atoms. The van der Waals surface area contributed by atoms with Crippen molar-refractivity contribution in [3.63, 3.8) is 0 Å². The van der Waals surface area contributed by atoms with E-state index < -0.39 is 0 Å². The van der Waals surface area contributed by atoms with Crippen molar-refractivity contribution in [1.29, 1.82) is 0 Å². The molecule has 1 amide bonds. The molecule has 0 bridgehead atoms. The molecular formula is C13H22N4O. The molecular weight excluding hydrogens is 228 g/mol. The van der Waals surface area contributed by atoms with E-state index in [0.717, 1.165) is 32.2 Å². The molecule has 1 aliphatic rings. The second-order valence-corrected chi connectivity index (χ2v) is 5.21. The average Bonchev–Trinajstić information content (AvgIpc) is 2.68. The van der Waals surface area contributed by atoms with Crippen LogP contribution >= 0.6 is 0 Å². The summed E-state index contributed by atoms with van der Waals surface area (Å²) in [7, 11) is 1.96. The molecule has 0 radical (unpaired) electrons. The van der Waals surface area contributed by atoms with Crippen molar-refractivity contribution in [3.05, 3.63) is 17.5 Å². The third-order valence-electron chi connectivity index (χ3n) is 4.05. The van der Waals surface area contributed by atoms with Crippen LogP contribution < -0.4 is 11.1 Å². The van der Waals surface area contributed by atoms with Crippen LogP contribution in [0.3, 0.4) is 0 Å². The molecule has 1 aromatic heterocycles. The predicted octanol–water partition coefficient (Wildman–Crippen LogP) is 0.862. The van der Waals surface area contributed by atoms with E-state index in [1.807, 2.05) is 17.9 Å². The number of hydrogen-bond acceptors (Lipinski definition) is 3. The Morgan fingerprint density at radius 3 is 2.67 bits per heavy atom. The Kier molecular flexibility index (Phi) is 4.01. The van der Waals surface area contributed by atoms with Crippen LogP contribution in [-0.2, 0) is 18.4 Å². The fourth-order valence-corrected chi connectivity index (χ4v) is 2.55. The van der Waals surface area contributed by atoms with Crippen LogP contribution in [0.15, 0.2) is 6.20 Å². The number of rotatable bonds is 4. The monoisotopic (exact) mass is 250 g/mol. The summed E-state index contributed by atoms with van der Waals surface area (Å²) < 4.78 is 1.89. The minimum absolute atomic E-state index is 0.0863. The normalized spacial score (nSPS) is 24.1. The topological polar surface area (TPSA) is 72.9 Å². The molecule has 3 N–H and O–H groups in total. The van der Waals surface area contributed by atoms with Gasteiger partial charge in [0, 0.05) is 36.8 Å². The highest BCUT2D eigenvalue weighted by molar-refractivity contribution is 5.76. The van der Waals surface area contributed by atoms with Gasteiger partial charge in [0.05, 0.1) is 6.20 Å². The number of carbonyl (C=O) groups excluding carboxylic acids is 1. The number of amides is 1. The number of nitrogens with zero attached hydrogens (tertiary/aromatic N) is 2. The molecule has 18 heavy (non-hydrogen) atoms. The van der Waals surface area contributed by atoms with Gasteiger partial charge in [0.15, 0.2) is 0 Å². The van der Waals surface area contributed by atoms with E-state index in [-0.39, 0.29) is 11.8 Å². The van der Waals surface area contributed by atoms with Crippen LogP contribution in [0.25, 0.3) is 0 Å². The van der Waals surface area contributed by atoms with Crippen molar-refractivity contribution < 1.29 is 4.79 Å². The molecule has 0 aliphatic heterocycles. The van der Waals surface area contributed by atoms with Crippen LogP contribution in [0.2, 0.25) is 0 Å². The summed E-state index contributed by atoms with van der Waals surface area (Å²) in [5.41, 5.74) is 7.78. The Labute approximate surface area is 108 Å². The van der Waals surface area contributed by atoms with Gasteiger partial charge in [0.2, 0.25) is 5.91 Å². The number of hydrogen-bond donors (Lipinski definition) is 2. The Hall–Kier alpha value is -1.36. The number of aromatic nitrogens is 2. The first kappa shape index (κ1) is 13.1. The lowest BCUT2D eigenvalue weighted by Crippen LogP contribution is -2.36. The SMILES string of the molecule is Cc1c(CNC2CCC(C(N)=O)CC2)cnn1C. The Balaban J connectivity index is 1.79. The Morgan fingerprint density at radius 1 is 1.50 bits per heavy atom. The third kappa shape index (κ3) is 2.90. The molecule has 5 nitrogen and oxygen atoms in total. The zero-order valence-electron chi connectivity index (χ0n) is 11.1. The minimum Gasteiger partial charge on any atom is -0.369 e. The predicted molar refractivity (Wildman–Crippen MR) is 69.7 cm³/mol. The van der Waals surface area contributed by atoms with E-state index >= 15 is 0 Å². The van der Waals surface area contributed by atoms with Crippen molar-refractivity contribution in [1.82, 2.24) is 15.1 Å². The van der Waals surface area contributed by atoms with Gasteiger partial charge in [-0.25, -0.2) is 0 Å². The third-order valence-corrected chi connectivity index (χ3v) is 4.05. The van der Waals surface area contributed by atoms with Crippen LogP contribution in [-0.4, -0.2) is 21.7 Å². The molecule has 0 saturated heterocycles. The molecule has 2 rings (SSSR count). The van der Waals surface area contributed by atoms with Gasteiger partial charge in [-0.3, -0.25) is 9.48 Å². The van der Waals surface area contributed by atoms with Crippen molar-refractivity contribution in [3.8, 4) is 0 Å². The van der Waals surface area contributed by atoms with Gasteiger partial charge in [-0.05, 0) is 32.6 Å². The van der Waals surface area contributed by atoms with Crippen LogP contribution in [0.4, 0.5) is 0 Å². The number of primary amides is 1. The number of nitrogens with two attached hydrogens (primary N) is 1. The summed E-state index contributed by atoms with van der Waals surface area (Å²) in [4.78, 5) is 11.1. The maximum atomic E-state index is 11.1. The fraction of sp³-hybridized carbons (Fsp3) is 0.692. The minimum atomic E-state index is -0.142. The number of aryl methyl sites for hydroxylation is 1. The molecule has 5 heteroatoms. The van der Waals surface area contributed by atoms with Gasteiger partial charge in [0.1, 0.15) is 0 Å². The first-order valence-corrected chi connectivity index (χ1v) is 6.58. The average molecular weight is 250 g/mol. The molecule has 0 atom stereocenters. The van der Waals surface area contributed by atoms with Crippen molar-refractivity contribution in [2.24, 2.45) is 18.7 Å². The van der Waals surface area contributed by atoms with Gasteiger partial charge in [-0.15, -0.1) is 0 Å². The summed E-state index contributed by atoms with van der Waals surface area (Å²) >= 11 is 0. The molecule has 1 aromatic rings. The van der Waals surface area contributed by atoms with Crippen molar-refractivity contribution in [2.45, 2.75) is 45.2 Å². The molecule has 0 unspecified atom stereocenters. The zero-order chi connectivity index (χ0) is 13.1. The van der Waals surface area contributed by atoms with Gasteiger partial charge in [-0.1, -0.05) is 0 Å². The highest BCUT2D eigenvalue weighted by Gasteiger charge is 2.24.